The zero-order valence-corrected chi connectivity index (χ0v) is 19.8. The lowest BCUT2D eigenvalue weighted by atomic mass is 10.1. The number of hydrogen-bond acceptors (Lipinski definition) is 5. The van der Waals surface area contributed by atoms with Gasteiger partial charge in [0.1, 0.15) is 0 Å². The molecule has 0 aromatic carbocycles. The smallest absolute Gasteiger partial charge is 0.252 e. The molecule has 3 atom stereocenters. The van der Waals surface area contributed by atoms with Gasteiger partial charge < -0.3 is 14.7 Å². The second-order valence-electron chi connectivity index (χ2n) is 8.90. The van der Waals surface area contributed by atoms with Crippen LogP contribution in [0.2, 0.25) is 0 Å². The maximum Gasteiger partial charge on any atom is 0.252 e. The number of allylic oxidation sites excluding steroid dienone is 1. The quantitative estimate of drug-likeness (QED) is 0.678. The Balaban J connectivity index is 1.45. The van der Waals surface area contributed by atoms with E-state index < -0.39 is 0 Å². The van der Waals surface area contributed by atoms with E-state index in [9.17, 15) is 4.79 Å². The van der Waals surface area contributed by atoms with Crippen molar-refractivity contribution in [2.24, 2.45) is 0 Å². The number of piperazine rings is 1. The number of hydrogen-bond donors (Lipinski definition) is 0. The molecule has 3 aliphatic heterocycles. The molecule has 8 heteroatoms. The monoisotopic (exact) mass is 436 g/mol. The van der Waals surface area contributed by atoms with E-state index in [0.29, 0.717) is 14.6 Å². The molecular formula is C23H29N6OP. The molecule has 7 nitrogen and oxygen atoms in total. The molecule has 2 aromatic rings. The maximum atomic E-state index is 13.1. The Morgan fingerprint density at radius 3 is 2.74 bits per heavy atom. The molecule has 5 heterocycles. The van der Waals surface area contributed by atoms with Crippen molar-refractivity contribution in [1.29, 1.82) is 0 Å². The lowest BCUT2D eigenvalue weighted by Gasteiger charge is -2.43. The Morgan fingerprint density at radius 2 is 1.97 bits per heavy atom. The molecule has 162 valence electrons. The summed E-state index contributed by atoms with van der Waals surface area (Å²) in [7, 11) is 2.64. The van der Waals surface area contributed by atoms with Gasteiger partial charge in [0.25, 0.3) is 5.91 Å². The van der Waals surface area contributed by atoms with Crippen LogP contribution >= 0.6 is 8.58 Å². The lowest BCUT2D eigenvalue weighted by Crippen LogP contribution is -2.50. The molecule has 0 radical (unpaired) electrons. The van der Waals surface area contributed by atoms with Crippen molar-refractivity contribution in [3.8, 4) is 0 Å². The van der Waals surface area contributed by atoms with E-state index in [1.54, 1.807) is 6.08 Å². The first-order chi connectivity index (χ1) is 14.8. The Bertz CT molecular complexity index is 1160. The van der Waals surface area contributed by atoms with Crippen LogP contribution < -0.4 is 0 Å². The van der Waals surface area contributed by atoms with Crippen LogP contribution in [0.25, 0.3) is 10.8 Å². The Labute approximate surface area is 184 Å². The molecule has 0 bridgehead atoms. The number of aromatic nitrogens is 3. The molecule has 5 rings (SSSR count). The minimum Gasteiger partial charge on any atom is -0.368 e. The number of fused-ring (bicyclic) bond motifs is 2. The fourth-order valence-corrected chi connectivity index (χ4v) is 6.00. The number of nitrogens with zero attached hydrogens (tertiary/aromatic N) is 6. The highest BCUT2D eigenvalue weighted by Gasteiger charge is 2.34. The van der Waals surface area contributed by atoms with Gasteiger partial charge in [0.15, 0.2) is 0 Å². The van der Waals surface area contributed by atoms with Gasteiger partial charge in [-0.05, 0) is 52.5 Å². The van der Waals surface area contributed by atoms with Crippen LogP contribution in [0.4, 0.5) is 0 Å². The van der Waals surface area contributed by atoms with Gasteiger partial charge in [-0.1, -0.05) is 8.58 Å². The number of aryl methyl sites for hydroxylation is 2. The van der Waals surface area contributed by atoms with E-state index in [1.807, 2.05) is 29.5 Å². The van der Waals surface area contributed by atoms with Crippen LogP contribution in [0.1, 0.15) is 30.9 Å². The van der Waals surface area contributed by atoms with Gasteiger partial charge in [-0.2, -0.15) is 5.10 Å². The first-order valence-corrected chi connectivity index (χ1v) is 11.9. The van der Waals surface area contributed by atoms with E-state index in [0.717, 1.165) is 53.2 Å². The minimum atomic E-state index is 0.0361. The van der Waals surface area contributed by atoms with Gasteiger partial charge in [0, 0.05) is 43.3 Å². The fraction of sp³-hybridized carbons (Fsp3) is 0.435. The zero-order chi connectivity index (χ0) is 21.9. The van der Waals surface area contributed by atoms with Crippen LogP contribution in [0.5, 0.6) is 0 Å². The van der Waals surface area contributed by atoms with Gasteiger partial charge in [0.05, 0.1) is 40.3 Å². The molecule has 1 fully saturated rings. The third-order valence-electron chi connectivity index (χ3n) is 6.53. The van der Waals surface area contributed by atoms with Crippen molar-refractivity contribution < 1.29 is 4.79 Å². The first-order valence-electron chi connectivity index (χ1n) is 10.8. The summed E-state index contributed by atoms with van der Waals surface area (Å²) in [5.41, 5.74) is 6.13. The first kappa shape index (κ1) is 20.4. The summed E-state index contributed by atoms with van der Waals surface area (Å²) < 4.78 is 1.88. The number of likely N-dealkylation sites (N-methyl/N-ethyl adjacent to an activating group) is 1. The van der Waals surface area contributed by atoms with Crippen LogP contribution in [0.3, 0.4) is 0 Å². The molecular weight excluding hydrogens is 407 g/mol. The van der Waals surface area contributed by atoms with Crippen LogP contribution in [0, 0.1) is 13.8 Å². The Morgan fingerprint density at radius 1 is 1.16 bits per heavy atom. The van der Waals surface area contributed by atoms with Crippen LogP contribution in [-0.2, 0) is 4.79 Å². The van der Waals surface area contributed by atoms with Crippen molar-refractivity contribution in [2.75, 3.05) is 26.7 Å². The van der Waals surface area contributed by atoms with Crippen LogP contribution in [0.15, 0.2) is 41.9 Å². The number of carbonyl (C=O) groups excluding carboxylic acids is 1. The summed E-state index contributed by atoms with van der Waals surface area (Å²) in [6.07, 6.45) is 8.03. The molecule has 2 aromatic heterocycles. The highest BCUT2D eigenvalue weighted by atomic mass is 31.1. The highest BCUT2D eigenvalue weighted by Crippen LogP contribution is 2.47. The number of rotatable bonds is 2. The van der Waals surface area contributed by atoms with Gasteiger partial charge in [-0.25, -0.2) is 4.52 Å². The molecule has 0 aliphatic carbocycles. The number of amides is 1. The van der Waals surface area contributed by atoms with Gasteiger partial charge in [0.2, 0.25) is 0 Å². The molecule has 31 heavy (non-hydrogen) atoms. The third-order valence-corrected chi connectivity index (χ3v) is 8.25. The summed E-state index contributed by atoms with van der Waals surface area (Å²) in [5.74, 6) is 0.112. The van der Waals surface area contributed by atoms with Crippen molar-refractivity contribution in [2.45, 2.75) is 39.5 Å². The SMILES string of the molecule is CC1=CC(N2CCN(C)[C@H](C)C2)=CN2C(=O)C=C(c3cc4c(C)nc(C)cn4n3)PC12. The summed E-state index contributed by atoms with van der Waals surface area (Å²) in [6.45, 7) is 11.4. The van der Waals surface area contributed by atoms with Crippen molar-refractivity contribution >= 4 is 25.3 Å². The standard InChI is InChI=1S/C23H29N6OP/c1-14-8-18(27-7-6-26(5)16(3)12-27)13-28-22(30)10-21(31-23(14)28)19-9-20-17(4)24-15(2)11-29(20)25-19/h8-11,13,16,23,31H,6-7,12H2,1-5H3/t16-,23?/m1/s1. The second kappa shape index (κ2) is 7.57. The van der Waals surface area contributed by atoms with Crippen LogP contribution in [-0.4, -0.2) is 73.7 Å². The van der Waals surface area contributed by atoms with E-state index in [1.165, 1.54) is 5.57 Å². The summed E-state index contributed by atoms with van der Waals surface area (Å²) in [4.78, 5) is 24.4. The van der Waals surface area contributed by atoms with Gasteiger partial charge in [-0.3, -0.25) is 9.78 Å². The lowest BCUT2D eigenvalue weighted by molar-refractivity contribution is -0.124. The largest absolute Gasteiger partial charge is 0.368 e. The van der Waals surface area contributed by atoms with Crippen molar-refractivity contribution in [3.63, 3.8) is 0 Å². The summed E-state index contributed by atoms with van der Waals surface area (Å²) in [5, 5.41) is 5.77. The molecule has 1 amide bonds. The molecule has 3 aliphatic rings. The fourth-order valence-electron chi connectivity index (χ4n) is 4.57. The average molecular weight is 437 g/mol. The minimum absolute atomic E-state index is 0.0361. The topological polar surface area (TPSA) is 57.0 Å². The average Bonchev–Trinajstić information content (AvgIpc) is 3.15. The molecule has 0 spiro atoms. The summed E-state index contributed by atoms with van der Waals surface area (Å²) in [6, 6.07) is 2.56. The third kappa shape index (κ3) is 3.60. The highest BCUT2D eigenvalue weighted by molar-refractivity contribution is 7.51. The molecule has 0 saturated carbocycles. The Kier molecular flexibility index (Phi) is 4.98. The molecule has 2 unspecified atom stereocenters. The summed E-state index contributed by atoms with van der Waals surface area (Å²) >= 11 is 0. The van der Waals surface area contributed by atoms with E-state index in [2.05, 4.69) is 54.0 Å². The van der Waals surface area contributed by atoms with Crippen molar-refractivity contribution in [3.05, 3.63) is 59.0 Å². The zero-order valence-electron chi connectivity index (χ0n) is 18.8. The van der Waals surface area contributed by atoms with E-state index in [-0.39, 0.29) is 11.7 Å². The maximum absolute atomic E-state index is 13.1. The molecule has 0 N–H and O–H groups in total. The second-order valence-corrected chi connectivity index (χ2v) is 10.3. The molecule has 1 saturated heterocycles. The Hall–Kier alpha value is -2.50. The number of carbonyl (C=O) groups is 1. The predicted molar refractivity (Wildman–Crippen MR) is 125 cm³/mol. The van der Waals surface area contributed by atoms with Gasteiger partial charge in [-0.15, -0.1) is 0 Å². The normalized spacial score (nSPS) is 25.6. The van der Waals surface area contributed by atoms with E-state index in [4.69, 9.17) is 5.10 Å². The predicted octanol–water partition coefficient (Wildman–Crippen LogP) is 2.97. The van der Waals surface area contributed by atoms with Gasteiger partial charge >= 0.3 is 0 Å². The van der Waals surface area contributed by atoms with E-state index >= 15 is 0 Å². The van der Waals surface area contributed by atoms with Crippen molar-refractivity contribution in [1.82, 2.24) is 29.3 Å².